The van der Waals surface area contributed by atoms with Gasteiger partial charge >= 0.3 is 0 Å². The molecule has 0 bridgehead atoms. The molecule has 1 aromatic rings. The lowest BCUT2D eigenvalue weighted by molar-refractivity contribution is 0.230. The zero-order valence-electron chi connectivity index (χ0n) is 8.16. The van der Waals surface area contributed by atoms with Crippen molar-refractivity contribution >= 4 is 0 Å². The van der Waals surface area contributed by atoms with E-state index in [1.807, 2.05) is 13.0 Å². The van der Waals surface area contributed by atoms with Crippen molar-refractivity contribution in [2.75, 3.05) is 7.05 Å². The minimum atomic E-state index is 0.537. The van der Waals surface area contributed by atoms with E-state index < -0.39 is 0 Å². The first kappa shape index (κ1) is 9.26. The Kier molecular flexibility index (Phi) is 2.87. The van der Waals surface area contributed by atoms with Crippen LogP contribution in [0.4, 0.5) is 0 Å². The molecular formula is C9H16N2O. The van der Waals surface area contributed by atoms with Crippen molar-refractivity contribution in [1.29, 1.82) is 0 Å². The van der Waals surface area contributed by atoms with Crippen LogP contribution in [0.15, 0.2) is 10.6 Å². The highest BCUT2D eigenvalue weighted by Gasteiger charge is 2.07. The molecule has 3 heteroatoms. The third-order valence-electron chi connectivity index (χ3n) is 1.96. The number of hydrogen-bond acceptors (Lipinski definition) is 3. The number of aromatic nitrogens is 1. The van der Waals surface area contributed by atoms with Crippen molar-refractivity contribution in [1.82, 2.24) is 10.1 Å². The van der Waals surface area contributed by atoms with Crippen LogP contribution >= 0.6 is 0 Å². The molecule has 0 atom stereocenters. The molecule has 0 amide bonds. The minimum Gasteiger partial charge on any atom is -0.360 e. The predicted octanol–water partition coefficient (Wildman–Crippen LogP) is 1.82. The first-order chi connectivity index (χ1) is 5.59. The van der Waals surface area contributed by atoms with Gasteiger partial charge in [-0.05, 0) is 27.8 Å². The molecule has 0 aromatic carbocycles. The molecule has 1 heterocycles. The van der Waals surface area contributed by atoms with Gasteiger partial charge in [-0.15, -0.1) is 0 Å². The second kappa shape index (κ2) is 3.72. The van der Waals surface area contributed by atoms with Crippen LogP contribution in [0.3, 0.4) is 0 Å². The maximum Gasteiger partial charge on any atom is 0.150 e. The van der Waals surface area contributed by atoms with Crippen LogP contribution in [0.1, 0.15) is 25.3 Å². The Morgan fingerprint density at radius 3 is 2.67 bits per heavy atom. The summed E-state index contributed by atoms with van der Waals surface area (Å²) >= 11 is 0. The summed E-state index contributed by atoms with van der Waals surface area (Å²) in [4.78, 5) is 2.21. The Labute approximate surface area is 73.3 Å². The van der Waals surface area contributed by atoms with E-state index in [-0.39, 0.29) is 0 Å². The SMILES string of the molecule is Cc1cc(CN(C)C(C)C)on1. The first-order valence-electron chi connectivity index (χ1n) is 4.22. The second-order valence-corrected chi connectivity index (χ2v) is 3.44. The topological polar surface area (TPSA) is 29.3 Å². The summed E-state index contributed by atoms with van der Waals surface area (Å²) < 4.78 is 5.09. The zero-order chi connectivity index (χ0) is 9.14. The molecular weight excluding hydrogens is 152 g/mol. The first-order valence-corrected chi connectivity index (χ1v) is 4.22. The Hall–Kier alpha value is -0.830. The summed E-state index contributed by atoms with van der Waals surface area (Å²) in [5.74, 6) is 0.934. The zero-order valence-corrected chi connectivity index (χ0v) is 8.16. The summed E-state index contributed by atoms with van der Waals surface area (Å²) in [5.41, 5.74) is 0.946. The average molecular weight is 168 g/mol. The smallest absolute Gasteiger partial charge is 0.150 e. The van der Waals surface area contributed by atoms with Gasteiger partial charge in [0.15, 0.2) is 5.76 Å². The van der Waals surface area contributed by atoms with Crippen molar-refractivity contribution in [2.24, 2.45) is 0 Å². The molecule has 68 valence electrons. The van der Waals surface area contributed by atoms with Gasteiger partial charge in [0, 0.05) is 12.1 Å². The number of hydrogen-bond donors (Lipinski definition) is 0. The lowest BCUT2D eigenvalue weighted by atomic mass is 10.3. The number of nitrogens with zero attached hydrogens (tertiary/aromatic N) is 2. The quantitative estimate of drug-likeness (QED) is 0.689. The van der Waals surface area contributed by atoms with Gasteiger partial charge in [-0.3, -0.25) is 4.90 Å². The van der Waals surface area contributed by atoms with Crippen LogP contribution in [0, 0.1) is 6.92 Å². The second-order valence-electron chi connectivity index (χ2n) is 3.44. The van der Waals surface area contributed by atoms with Crippen molar-refractivity contribution in [3.05, 3.63) is 17.5 Å². The van der Waals surface area contributed by atoms with Gasteiger partial charge in [-0.1, -0.05) is 5.16 Å². The number of rotatable bonds is 3. The predicted molar refractivity (Wildman–Crippen MR) is 47.8 cm³/mol. The third kappa shape index (κ3) is 2.34. The Bertz CT molecular complexity index is 242. The molecule has 0 aliphatic heterocycles. The third-order valence-corrected chi connectivity index (χ3v) is 1.96. The molecule has 3 nitrogen and oxygen atoms in total. The van der Waals surface area contributed by atoms with E-state index in [4.69, 9.17) is 4.52 Å². The van der Waals surface area contributed by atoms with Gasteiger partial charge in [0.25, 0.3) is 0 Å². The van der Waals surface area contributed by atoms with E-state index >= 15 is 0 Å². The summed E-state index contributed by atoms with van der Waals surface area (Å²) in [6, 6.07) is 2.51. The van der Waals surface area contributed by atoms with Crippen LogP contribution in [0.5, 0.6) is 0 Å². The summed E-state index contributed by atoms with van der Waals surface area (Å²) in [6.45, 7) is 7.08. The van der Waals surface area contributed by atoms with Gasteiger partial charge in [-0.25, -0.2) is 0 Å². The monoisotopic (exact) mass is 168 g/mol. The fourth-order valence-electron chi connectivity index (χ4n) is 0.919. The fourth-order valence-corrected chi connectivity index (χ4v) is 0.919. The molecule has 0 fully saturated rings. The molecule has 1 rings (SSSR count). The highest BCUT2D eigenvalue weighted by atomic mass is 16.5. The van der Waals surface area contributed by atoms with Crippen molar-refractivity contribution < 1.29 is 4.52 Å². The van der Waals surface area contributed by atoms with E-state index in [9.17, 15) is 0 Å². The van der Waals surface area contributed by atoms with E-state index in [2.05, 4.69) is 31.0 Å². The summed E-state index contributed by atoms with van der Waals surface area (Å²) in [7, 11) is 2.07. The summed E-state index contributed by atoms with van der Waals surface area (Å²) in [6.07, 6.45) is 0. The summed E-state index contributed by atoms with van der Waals surface area (Å²) in [5, 5.41) is 3.83. The molecule has 0 saturated carbocycles. The molecule has 0 saturated heterocycles. The minimum absolute atomic E-state index is 0.537. The van der Waals surface area contributed by atoms with Gasteiger partial charge < -0.3 is 4.52 Å². The molecule has 0 spiro atoms. The van der Waals surface area contributed by atoms with Gasteiger partial charge in [-0.2, -0.15) is 0 Å². The van der Waals surface area contributed by atoms with Crippen molar-refractivity contribution in [3.63, 3.8) is 0 Å². The van der Waals surface area contributed by atoms with Crippen LogP contribution in [0.2, 0.25) is 0 Å². The highest BCUT2D eigenvalue weighted by molar-refractivity contribution is 5.02. The van der Waals surface area contributed by atoms with Crippen LogP contribution in [-0.4, -0.2) is 23.1 Å². The average Bonchev–Trinajstić information content (AvgIpc) is 2.35. The van der Waals surface area contributed by atoms with Crippen LogP contribution < -0.4 is 0 Å². The molecule has 0 N–H and O–H groups in total. The van der Waals surface area contributed by atoms with E-state index in [0.717, 1.165) is 18.0 Å². The standard InChI is InChI=1S/C9H16N2O/c1-7(2)11(4)6-9-5-8(3)10-12-9/h5,7H,6H2,1-4H3. The Balaban J connectivity index is 2.52. The maximum absolute atomic E-state index is 5.09. The fraction of sp³-hybridized carbons (Fsp3) is 0.667. The van der Waals surface area contributed by atoms with E-state index in [0.29, 0.717) is 6.04 Å². The highest BCUT2D eigenvalue weighted by Crippen LogP contribution is 2.06. The van der Waals surface area contributed by atoms with Gasteiger partial charge in [0.05, 0.1) is 12.2 Å². The maximum atomic E-state index is 5.09. The molecule has 0 aliphatic rings. The van der Waals surface area contributed by atoms with Crippen molar-refractivity contribution in [3.8, 4) is 0 Å². The molecule has 1 aromatic heterocycles. The molecule has 0 unspecified atom stereocenters. The largest absolute Gasteiger partial charge is 0.360 e. The van der Waals surface area contributed by atoms with Crippen LogP contribution in [0.25, 0.3) is 0 Å². The van der Waals surface area contributed by atoms with Crippen LogP contribution in [-0.2, 0) is 6.54 Å². The Morgan fingerprint density at radius 1 is 1.58 bits per heavy atom. The molecule has 0 radical (unpaired) electrons. The lowest BCUT2D eigenvalue weighted by Crippen LogP contribution is -2.25. The van der Waals surface area contributed by atoms with E-state index in [1.54, 1.807) is 0 Å². The lowest BCUT2D eigenvalue weighted by Gasteiger charge is -2.18. The van der Waals surface area contributed by atoms with E-state index in [1.165, 1.54) is 0 Å². The Morgan fingerprint density at radius 2 is 2.25 bits per heavy atom. The molecule has 0 aliphatic carbocycles. The normalized spacial score (nSPS) is 11.5. The van der Waals surface area contributed by atoms with Crippen molar-refractivity contribution in [2.45, 2.75) is 33.4 Å². The van der Waals surface area contributed by atoms with Gasteiger partial charge in [0.2, 0.25) is 0 Å². The number of aryl methyl sites for hydroxylation is 1. The molecule has 12 heavy (non-hydrogen) atoms. The van der Waals surface area contributed by atoms with Gasteiger partial charge in [0.1, 0.15) is 0 Å².